The molecule has 0 aliphatic carbocycles. The summed E-state index contributed by atoms with van der Waals surface area (Å²) in [5.74, 6) is 0.904. The molecule has 0 saturated carbocycles. The number of nitrogens with one attached hydrogen (secondary N) is 2. The number of rotatable bonds is 4. The summed E-state index contributed by atoms with van der Waals surface area (Å²) in [5, 5.41) is 6.97. The largest absolute Gasteiger partial charge is 0.379 e. The van der Waals surface area contributed by atoms with E-state index < -0.39 is 0 Å². The highest BCUT2D eigenvalue weighted by Crippen LogP contribution is 2.20. The van der Waals surface area contributed by atoms with Gasteiger partial charge in [0, 0.05) is 22.3 Å². The Hall–Kier alpha value is -3.12. The second kappa shape index (κ2) is 6.89. The fourth-order valence-corrected chi connectivity index (χ4v) is 3.01. The number of fused-ring (bicyclic) bond motifs is 1. The summed E-state index contributed by atoms with van der Waals surface area (Å²) in [7, 11) is 0. The van der Waals surface area contributed by atoms with Crippen LogP contribution in [0.4, 0.5) is 5.69 Å². The molecule has 4 rings (SSSR count). The molecule has 2 aromatic carbocycles. The van der Waals surface area contributed by atoms with Gasteiger partial charge in [-0.25, -0.2) is 4.98 Å². The Balaban J connectivity index is 1.64. The van der Waals surface area contributed by atoms with E-state index in [2.05, 4.69) is 40.3 Å². The van der Waals surface area contributed by atoms with E-state index >= 15 is 0 Å². The van der Waals surface area contributed by atoms with Gasteiger partial charge in [0.2, 0.25) is 0 Å². The molecule has 27 heavy (non-hydrogen) atoms. The van der Waals surface area contributed by atoms with Gasteiger partial charge >= 0.3 is 0 Å². The summed E-state index contributed by atoms with van der Waals surface area (Å²) >= 11 is 5.92. The molecule has 0 bridgehead atoms. The molecule has 0 amide bonds. The van der Waals surface area contributed by atoms with E-state index in [1.807, 2.05) is 24.3 Å². The molecule has 6 nitrogen and oxygen atoms in total. The van der Waals surface area contributed by atoms with Gasteiger partial charge in [0.1, 0.15) is 0 Å². The van der Waals surface area contributed by atoms with Crippen LogP contribution in [0, 0.1) is 13.8 Å². The van der Waals surface area contributed by atoms with E-state index in [9.17, 15) is 4.79 Å². The van der Waals surface area contributed by atoms with Crippen molar-refractivity contribution in [3.63, 3.8) is 0 Å². The van der Waals surface area contributed by atoms with Gasteiger partial charge in [0.25, 0.3) is 11.3 Å². The van der Waals surface area contributed by atoms with Crippen LogP contribution >= 0.6 is 11.6 Å². The summed E-state index contributed by atoms with van der Waals surface area (Å²) in [5.41, 5.74) is 4.68. The highest BCUT2D eigenvalue weighted by Gasteiger charge is 2.10. The predicted octanol–water partition coefficient (Wildman–Crippen LogP) is 3.97. The minimum Gasteiger partial charge on any atom is -0.379 e. The Kier molecular flexibility index (Phi) is 4.41. The quantitative estimate of drug-likeness (QED) is 0.562. The number of hydrogen-bond acceptors (Lipinski definition) is 4. The minimum absolute atomic E-state index is 0.203. The van der Waals surface area contributed by atoms with Crippen LogP contribution in [0.15, 0.2) is 53.3 Å². The van der Waals surface area contributed by atoms with Crippen molar-refractivity contribution in [1.29, 1.82) is 0 Å². The van der Waals surface area contributed by atoms with E-state index in [1.54, 1.807) is 12.1 Å². The monoisotopic (exact) mass is 379 g/mol. The first-order valence-corrected chi connectivity index (χ1v) is 8.94. The maximum absolute atomic E-state index is 12.4. The summed E-state index contributed by atoms with van der Waals surface area (Å²) in [4.78, 5) is 21.4. The number of hydrogen-bond donors (Lipinski definition) is 2. The van der Waals surface area contributed by atoms with E-state index in [-0.39, 0.29) is 5.56 Å². The van der Waals surface area contributed by atoms with Gasteiger partial charge in [-0.1, -0.05) is 23.7 Å². The van der Waals surface area contributed by atoms with Crippen LogP contribution < -0.4 is 10.9 Å². The standard InChI is InChI=1S/C20H18ClN5O/c1-12-4-3-5-17(13(12)2)22-11-16-10-18(27)26-20(23-16)24-19(25-26)14-6-8-15(21)9-7-14/h3-10,22H,11H2,1-2H3,(H,23,24,25). The highest BCUT2D eigenvalue weighted by molar-refractivity contribution is 6.30. The number of halogens is 1. The molecule has 2 heterocycles. The smallest absolute Gasteiger partial charge is 0.274 e. The van der Waals surface area contributed by atoms with E-state index in [1.165, 1.54) is 21.7 Å². The molecule has 2 N–H and O–H groups in total. The summed E-state index contributed by atoms with van der Waals surface area (Å²) in [6, 6.07) is 14.8. The molecule has 4 aromatic rings. The molecule has 0 spiro atoms. The van der Waals surface area contributed by atoms with Crippen molar-refractivity contribution in [2.75, 3.05) is 5.32 Å². The molecule has 0 saturated heterocycles. The number of anilines is 1. The minimum atomic E-state index is -0.203. The van der Waals surface area contributed by atoms with Gasteiger partial charge in [0.05, 0.1) is 12.2 Å². The first-order valence-electron chi connectivity index (χ1n) is 8.56. The van der Waals surface area contributed by atoms with Crippen molar-refractivity contribution in [3.05, 3.63) is 80.7 Å². The Morgan fingerprint density at radius 2 is 1.89 bits per heavy atom. The first kappa shape index (κ1) is 17.3. The van der Waals surface area contributed by atoms with Crippen molar-refractivity contribution in [2.45, 2.75) is 20.4 Å². The topological polar surface area (TPSA) is 75.1 Å². The maximum atomic E-state index is 12.4. The lowest BCUT2D eigenvalue weighted by molar-refractivity contribution is 0.878. The number of aromatic nitrogens is 4. The number of aryl methyl sites for hydroxylation is 1. The molecule has 7 heteroatoms. The van der Waals surface area contributed by atoms with Crippen LogP contribution in [0.3, 0.4) is 0 Å². The second-order valence-corrected chi connectivity index (χ2v) is 6.84. The molecule has 0 aliphatic rings. The second-order valence-electron chi connectivity index (χ2n) is 6.40. The van der Waals surface area contributed by atoms with Gasteiger partial charge in [-0.05, 0) is 55.3 Å². The summed E-state index contributed by atoms with van der Waals surface area (Å²) < 4.78 is 1.34. The van der Waals surface area contributed by atoms with Gasteiger partial charge in [-0.2, -0.15) is 9.50 Å². The lowest BCUT2D eigenvalue weighted by Crippen LogP contribution is -2.17. The number of nitrogens with zero attached hydrogens (tertiary/aromatic N) is 3. The van der Waals surface area contributed by atoms with E-state index in [0.29, 0.717) is 28.9 Å². The fourth-order valence-electron chi connectivity index (χ4n) is 2.88. The normalized spacial score (nSPS) is 11.1. The summed E-state index contributed by atoms with van der Waals surface area (Å²) in [6.07, 6.45) is 0. The van der Waals surface area contributed by atoms with Gasteiger partial charge < -0.3 is 5.32 Å². The van der Waals surface area contributed by atoms with Crippen LogP contribution in [-0.2, 0) is 6.54 Å². The molecular weight excluding hydrogens is 362 g/mol. The third-order valence-corrected chi connectivity index (χ3v) is 4.82. The SMILES string of the molecule is Cc1cccc(NCc2cc(=O)n3[nH]c(-c4ccc(Cl)cc4)nc3n2)c1C. The first-order chi connectivity index (χ1) is 13.0. The van der Waals surface area contributed by atoms with Crippen LogP contribution in [0.2, 0.25) is 5.02 Å². The Bertz CT molecular complexity index is 1180. The number of aromatic amines is 1. The zero-order chi connectivity index (χ0) is 19.0. The van der Waals surface area contributed by atoms with E-state index in [0.717, 1.165) is 11.3 Å². The Labute approximate surface area is 160 Å². The molecule has 0 radical (unpaired) electrons. The maximum Gasteiger partial charge on any atom is 0.274 e. The Morgan fingerprint density at radius 1 is 1.11 bits per heavy atom. The van der Waals surface area contributed by atoms with Crippen LogP contribution in [0.25, 0.3) is 17.2 Å². The molecule has 0 fully saturated rings. The zero-order valence-corrected chi connectivity index (χ0v) is 15.7. The van der Waals surface area contributed by atoms with Crippen LogP contribution in [-0.4, -0.2) is 19.6 Å². The highest BCUT2D eigenvalue weighted by atomic mass is 35.5. The molecule has 136 valence electrons. The lowest BCUT2D eigenvalue weighted by atomic mass is 10.1. The van der Waals surface area contributed by atoms with Crippen molar-refractivity contribution in [3.8, 4) is 11.4 Å². The average Bonchev–Trinajstić information content (AvgIpc) is 3.08. The van der Waals surface area contributed by atoms with Gasteiger partial charge in [-0.3, -0.25) is 9.89 Å². The molecule has 0 unspecified atom stereocenters. The van der Waals surface area contributed by atoms with Crippen molar-refractivity contribution >= 4 is 23.1 Å². The predicted molar refractivity (Wildman–Crippen MR) is 107 cm³/mol. The fraction of sp³-hybridized carbons (Fsp3) is 0.150. The number of benzene rings is 2. The zero-order valence-electron chi connectivity index (χ0n) is 15.0. The number of H-pyrrole nitrogens is 1. The van der Waals surface area contributed by atoms with Gasteiger partial charge in [0.15, 0.2) is 5.82 Å². The third-order valence-electron chi connectivity index (χ3n) is 4.57. The molecular formula is C20H18ClN5O. The molecule has 0 atom stereocenters. The van der Waals surface area contributed by atoms with Crippen molar-refractivity contribution in [2.24, 2.45) is 0 Å². The lowest BCUT2D eigenvalue weighted by Gasteiger charge is -2.10. The van der Waals surface area contributed by atoms with Crippen molar-refractivity contribution in [1.82, 2.24) is 19.6 Å². The van der Waals surface area contributed by atoms with Crippen molar-refractivity contribution < 1.29 is 0 Å². The van der Waals surface area contributed by atoms with E-state index in [4.69, 9.17) is 11.6 Å². The third kappa shape index (κ3) is 3.44. The molecule has 0 aliphatic heterocycles. The van der Waals surface area contributed by atoms with Crippen LogP contribution in [0.1, 0.15) is 16.8 Å². The average molecular weight is 380 g/mol. The Morgan fingerprint density at radius 3 is 2.67 bits per heavy atom. The molecule has 2 aromatic heterocycles. The summed E-state index contributed by atoms with van der Waals surface area (Å²) in [6.45, 7) is 4.58. The van der Waals surface area contributed by atoms with Crippen LogP contribution in [0.5, 0.6) is 0 Å². The van der Waals surface area contributed by atoms with Gasteiger partial charge in [-0.15, -0.1) is 0 Å².